The number of nitrogens with one attached hydrogen (secondary N) is 1. The Balaban J connectivity index is 1.29. The van der Waals surface area contributed by atoms with E-state index in [1.807, 2.05) is 0 Å². The fraction of sp³-hybridized carbons (Fsp3) is 0.857. The summed E-state index contributed by atoms with van der Waals surface area (Å²) in [7, 11) is 0. The van der Waals surface area contributed by atoms with Crippen LogP contribution in [-0.2, 0) is 33.2 Å². The molecule has 642 valence electrons. The summed E-state index contributed by atoms with van der Waals surface area (Å²) in [6, 6.07) is -0.889. The molecule has 0 saturated carbocycles. The molecule has 110 heavy (non-hydrogen) atoms. The van der Waals surface area contributed by atoms with Crippen molar-refractivity contribution in [3.63, 3.8) is 0 Å². The zero-order valence-electron chi connectivity index (χ0n) is 69.2. The van der Waals surface area contributed by atoms with Gasteiger partial charge in [-0.25, -0.2) is 0 Å². The van der Waals surface area contributed by atoms with E-state index in [1.165, 1.54) is 250 Å². The standard InChI is InChI=1S/C91H165NO18/c1-3-5-7-9-11-13-15-17-19-21-23-25-27-29-30-31-32-33-34-35-36-37-38-39-40-41-42-43-44-45-47-49-51-53-55-57-59-61-63-65-67-69-79(97)92-74(75(96)68-66-64-62-60-58-56-54-52-50-48-46-28-26-24-22-20-18-16-14-12-10-8-6-4-2)73-105-89-85(103)82(100)87(77(71-94)107-89)110-91-86(104)83(101)88(78(72-95)108-91)109-90-84(102)81(99)80(98)76(70-93)106-90/h5,7,11,13,17,19,23,25,29-30,32-33,74-78,80-91,93-96,98-104H,3-4,6,8-10,12,14-16,18,20-22,24,26-28,31,34-73H2,1-2H3,(H,92,97)/b7-5-,13-11-,19-17-,25-23-,30-29-,33-32-. The Bertz CT molecular complexity index is 2270. The van der Waals surface area contributed by atoms with Crippen molar-refractivity contribution < 1.29 is 89.4 Å². The molecule has 1 amide bonds. The van der Waals surface area contributed by atoms with E-state index in [9.17, 15) is 61.0 Å². The quantitative estimate of drug-likeness (QED) is 0.0199. The maximum Gasteiger partial charge on any atom is 0.220 e. The SMILES string of the molecule is CC/C=C\C/C=C\C/C=C\C/C=C\C/C=C\C/C=C\CCCCCCCCCCCCCCCCCCCCCCCCC(=O)NC(COC1OC(CO)C(OC2OC(CO)C(OC3OC(CO)C(O)C(O)C3O)C(O)C2O)C(O)C1O)C(O)CCCCCCCCCCCCCCCCCCCCCCCCCC. The largest absolute Gasteiger partial charge is 0.394 e. The van der Waals surface area contributed by atoms with Crippen LogP contribution in [-0.4, -0.2) is 193 Å². The van der Waals surface area contributed by atoms with E-state index in [4.69, 9.17) is 28.4 Å². The smallest absolute Gasteiger partial charge is 0.220 e. The molecule has 0 radical (unpaired) electrons. The summed E-state index contributed by atoms with van der Waals surface area (Å²) < 4.78 is 34.6. The number of aliphatic hydroxyl groups excluding tert-OH is 11. The van der Waals surface area contributed by atoms with Crippen molar-refractivity contribution in [2.45, 2.75) is 471 Å². The van der Waals surface area contributed by atoms with Crippen molar-refractivity contribution in [2.24, 2.45) is 0 Å². The summed E-state index contributed by atoms with van der Waals surface area (Å²) in [4.78, 5) is 13.5. The summed E-state index contributed by atoms with van der Waals surface area (Å²) in [5.74, 6) is -0.236. The number of hydrogen-bond acceptors (Lipinski definition) is 18. The molecule has 17 unspecified atom stereocenters. The summed E-state index contributed by atoms with van der Waals surface area (Å²) >= 11 is 0. The first-order valence-corrected chi connectivity index (χ1v) is 45.2. The first kappa shape index (κ1) is 101. The van der Waals surface area contributed by atoms with Gasteiger partial charge >= 0.3 is 0 Å². The first-order chi connectivity index (χ1) is 53.8. The van der Waals surface area contributed by atoms with Crippen LogP contribution >= 0.6 is 0 Å². The third-order valence-corrected chi connectivity index (χ3v) is 22.3. The minimum absolute atomic E-state index is 0.236. The summed E-state index contributed by atoms with van der Waals surface area (Å²) in [5.41, 5.74) is 0. The maximum atomic E-state index is 13.5. The van der Waals surface area contributed by atoms with Crippen molar-refractivity contribution in [3.8, 4) is 0 Å². The van der Waals surface area contributed by atoms with E-state index in [0.717, 1.165) is 83.5 Å². The summed E-state index contributed by atoms with van der Waals surface area (Å²) in [6.07, 6.45) is 67.2. The number of unbranched alkanes of at least 4 members (excludes halogenated alkanes) is 45. The van der Waals surface area contributed by atoms with Crippen molar-refractivity contribution >= 4 is 5.91 Å². The number of aliphatic hydroxyl groups is 11. The Morgan fingerprint density at radius 3 is 0.982 bits per heavy atom. The molecule has 19 heteroatoms. The Hall–Kier alpha value is -2.77. The lowest BCUT2D eigenvalue weighted by Crippen LogP contribution is -2.66. The van der Waals surface area contributed by atoms with Gasteiger partial charge in [-0.05, 0) is 64.2 Å². The highest BCUT2D eigenvalue weighted by Crippen LogP contribution is 2.34. The lowest BCUT2D eigenvalue weighted by Gasteiger charge is -2.48. The van der Waals surface area contributed by atoms with Gasteiger partial charge in [-0.3, -0.25) is 4.79 Å². The van der Waals surface area contributed by atoms with Crippen LogP contribution in [0.3, 0.4) is 0 Å². The molecule has 17 atom stereocenters. The normalized spacial score (nSPS) is 25.5. The molecule has 0 aromatic heterocycles. The van der Waals surface area contributed by atoms with Gasteiger partial charge in [-0.1, -0.05) is 369 Å². The van der Waals surface area contributed by atoms with E-state index in [1.54, 1.807) is 0 Å². The van der Waals surface area contributed by atoms with Gasteiger partial charge in [0.25, 0.3) is 0 Å². The summed E-state index contributed by atoms with van der Waals surface area (Å²) in [6.45, 7) is 1.74. The number of hydrogen-bond donors (Lipinski definition) is 12. The minimum Gasteiger partial charge on any atom is -0.394 e. The fourth-order valence-electron chi connectivity index (χ4n) is 15.1. The highest BCUT2D eigenvalue weighted by molar-refractivity contribution is 5.76. The number of ether oxygens (including phenoxy) is 6. The Labute approximate surface area is 668 Å². The molecular formula is C91H165NO18. The van der Waals surface area contributed by atoms with Crippen molar-refractivity contribution in [1.82, 2.24) is 5.32 Å². The molecule has 0 aromatic rings. The molecule has 12 N–H and O–H groups in total. The molecule has 3 aliphatic heterocycles. The van der Waals surface area contributed by atoms with Gasteiger partial charge in [0.1, 0.15) is 73.2 Å². The van der Waals surface area contributed by atoms with Crippen LogP contribution < -0.4 is 5.32 Å². The molecule has 0 spiro atoms. The third-order valence-electron chi connectivity index (χ3n) is 22.3. The van der Waals surface area contributed by atoms with Crippen molar-refractivity contribution in [1.29, 1.82) is 0 Å². The van der Waals surface area contributed by atoms with Crippen molar-refractivity contribution in [3.05, 3.63) is 72.9 Å². The number of allylic oxidation sites excluding steroid dienone is 12. The number of rotatable bonds is 73. The number of amides is 1. The fourth-order valence-corrected chi connectivity index (χ4v) is 15.1. The van der Waals surface area contributed by atoms with Gasteiger partial charge < -0.3 is 89.9 Å². The molecule has 3 saturated heterocycles. The average Bonchev–Trinajstić information content (AvgIpc) is 0.782. The van der Waals surface area contributed by atoms with Crippen LogP contribution in [0.25, 0.3) is 0 Å². The lowest BCUT2D eigenvalue weighted by molar-refractivity contribution is -0.379. The average molecular weight is 1560 g/mol. The van der Waals surface area contributed by atoms with Crippen LogP contribution in [0.1, 0.15) is 367 Å². The highest BCUT2D eigenvalue weighted by Gasteiger charge is 2.54. The van der Waals surface area contributed by atoms with Gasteiger partial charge in [0, 0.05) is 6.42 Å². The van der Waals surface area contributed by atoms with Gasteiger partial charge in [0.2, 0.25) is 5.91 Å². The zero-order chi connectivity index (χ0) is 79.5. The van der Waals surface area contributed by atoms with Gasteiger partial charge in [-0.2, -0.15) is 0 Å². The molecule has 3 fully saturated rings. The van der Waals surface area contributed by atoms with E-state index in [-0.39, 0.29) is 18.9 Å². The van der Waals surface area contributed by atoms with Crippen LogP contribution in [0.4, 0.5) is 0 Å². The molecule has 3 aliphatic rings. The lowest BCUT2D eigenvalue weighted by atomic mass is 9.96. The molecule has 0 aromatic carbocycles. The second-order valence-electron chi connectivity index (χ2n) is 32.0. The van der Waals surface area contributed by atoms with E-state index in [0.29, 0.717) is 12.8 Å². The molecule has 19 nitrogen and oxygen atoms in total. The second-order valence-corrected chi connectivity index (χ2v) is 32.0. The van der Waals surface area contributed by atoms with E-state index < -0.39 is 124 Å². The molecular weight excluding hydrogens is 1390 g/mol. The van der Waals surface area contributed by atoms with Crippen LogP contribution in [0.5, 0.6) is 0 Å². The van der Waals surface area contributed by atoms with Crippen LogP contribution in [0.2, 0.25) is 0 Å². The Morgan fingerprint density at radius 2 is 0.627 bits per heavy atom. The van der Waals surface area contributed by atoms with E-state index in [2.05, 4.69) is 92.1 Å². The molecule has 3 heterocycles. The Kier molecular flexibility index (Phi) is 64.9. The first-order valence-electron chi connectivity index (χ1n) is 45.2. The highest BCUT2D eigenvalue weighted by atomic mass is 16.8. The molecule has 0 bridgehead atoms. The predicted molar refractivity (Wildman–Crippen MR) is 443 cm³/mol. The minimum atomic E-state index is -1.97. The Morgan fingerprint density at radius 1 is 0.336 bits per heavy atom. The second kappa shape index (κ2) is 70.4. The number of carbonyl (C=O) groups excluding carboxylic acids is 1. The third kappa shape index (κ3) is 48.7. The van der Waals surface area contributed by atoms with Crippen molar-refractivity contribution in [2.75, 3.05) is 26.4 Å². The van der Waals surface area contributed by atoms with Gasteiger partial charge in [-0.15, -0.1) is 0 Å². The molecule has 3 rings (SSSR count). The van der Waals surface area contributed by atoms with E-state index >= 15 is 0 Å². The maximum absolute atomic E-state index is 13.5. The van der Waals surface area contributed by atoms with Gasteiger partial charge in [0.05, 0.1) is 38.6 Å². The monoisotopic (exact) mass is 1560 g/mol. The predicted octanol–water partition coefficient (Wildman–Crippen LogP) is 17.1. The molecule has 0 aliphatic carbocycles. The van der Waals surface area contributed by atoms with Crippen LogP contribution in [0, 0.1) is 0 Å². The summed E-state index contributed by atoms with van der Waals surface area (Å²) in [5, 5.41) is 121. The number of carbonyl (C=O) groups is 1. The van der Waals surface area contributed by atoms with Crippen LogP contribution in [0.15, 0.2) is 72.9 Å². The zero-order valence-corrected chi connectivity index (χ0v) is 69.2. The van der Waals surface area contributed by atoms with Gasteiger partial charge in [0.15, 0.2) is 18.9 Å². The topological polar surface area (TPSA) is 307 Å².